The van der Waals surface area contributed by atoms with Crippen LogP contribution in [0, 0.1) is 0 Å². The number of aromatic amines is 1. The lowest BCUT2D eigenvalue weighted by atomic mass is 9.90. The summed E-state index contributed by atoms with van der Waals surface area (Å²) in [7, 11) is 2.75. The second-order valence-corrected chi connectivity index (χ2v) is 7.62. The summed E-state index contributed by atoms with van der Waals surface area (Å²) in [6.45, 7) is 0. The van der Waals surface area contributed by atoms with Gasteiger partial charge in [0.2, 0.25) is 0 Å². The third-order valence-corrected chi connectivity index (χ3v) is 5.61. The fourth-order valence-corrected chi connectivity index (χ4v) is 4.10. The molecule has 1 aliphatic heterocycles. The van der Waals surface area contributed by atoms with E-state index in [2.05, 4.69) is 32.3 Å². The third kappa shape index (κ3) is 3.21. The van der Waals surface area contributed by atoms with E-state index in [-0.39, 0.29) is 18.0 Å². The maximum absolute atomic E-state index is 12.3. The molecule has 1 aromatic heterocycles. The Morgan fingerprint density at radius 2 is 1.82 bits per heavy atom. The number of fused-ring (bicyclic) bond motifs is 3. The van der Waals surface area contributed by atoms with Crippen molar-refractivity contribution in [2.45, 2.75) is 18.5 Å². The molecule has 6 nitrogen and oxygen atoms in total. The Kier molecular flexibility index (Phi) is 4.95. The van der Waals surface area contributed by atoms with E-state index < -0.39 is 6.04 Å². The van der Waals surface area contributed by atoms with E-state index in [0.717, 1.165) is 32.2 Å². The van der Waals surface area contributed by atoms with Crippen LogP contribution in [0.3, 0.4) is 0 Å². The number of hydrogen-bond donors (Lipinski definition) is 2. The number of nitrogens with one attached hydrogen (secondary N) is 2. The number of rotatable bonds is 3. The quantitative estimate of drug-likeness (QED) is 0.606. The van der Waals surface area contributed by atoms with Gasteiger partial charge in [-0.05, 0) is 41.5 Å². The summed E-state index contributed by atoms with van der Waals surface area (Å²) >= 11 is 3.53. The van der Waals surface area contributed by atoms with Crippen molar-refractivity contribution in [3.63, 3.8) is 0 Å². The SMILES string of the molecule is COC(=O)c1ccc(C2NC(C(=O)OC)Cc3c2[nH]c2ccc(Br)cc32)cc1. The van der Waals surface area contributed by atoms with E-state index >= 15 is 0 Å². The van der Waals surface area contributed by atoms with Crippen LogP contribution in [0.1, 0.15) is 33.2 Å². The number of carbonyl (C=O) groups is 2. The van der Waals surface area contributed by atoms with Crippen molar-refractivity contribution in [3.05, 3.63) is 69.3 Å². The molecule has 2 aromatic carbocycles. The summed E-state index contributed by atoms with van der Waals surface area (Å²) in [5.74, 6) is -0.682. The second kappa shape index (κ2) is 7.41. The van der Waals surface area contributed by atoms with E-state index in [9.17, 15) is 9.59 Å². The smallest absolute Gasteiger partial charge is 0.337 e. The summed E-state index contributed by atoms with van der Waals surface area (Å²) in [6.07, 6.45) is 0.537. The van der Waals surface area contributed by atoms with Gasteiger partial charge in [-0.25, -0.2) is 4.79 Å². The van der Waals surface area contributed by atoms with Crippen molar-refractivity contribution >= 4 is 38.8 Å². The zero-order valence-electron chi connectivity index (χ0n) is 15.4. The molecule has 0 aliphatic carbocycles. The number of ether oxygens (including phenoxy) is 2. The maximum atomic E-state index is 12.3. The van der Waals surface area contributed by atoms with E-state index in [0.29, 0.717) is 12.0 Å². The molecule has 2 atom stereocenters. The summed E-state index contributed by atoms with van der Waals surface area (Å²) < 4.78 is 10.7. The molecule has 0 radical (unpaired) electrons. The Labute approximate surface area is 170 Å². The highest BCUT2D eigenvalue weighted by Crippen LogP contribution is 2.36. The minimum absolute atomic E-state index is 0.231. The Morgan fingerprint density at radius 1 is 1.07 bits per heavy atom. The Bertz CT molecular complexity index is 1060. The highest BCUT2D eigenvalue weighted by molar-refractivity contribution is 9.10. The van der Waals surface area contributed by atoms with Crippen LogP contribution in [-0.4, -0.2) is 37.2 Å². The van der Waals surface area contributed by atoms with Gasteiger partial charge < -0.3 is 14.5 Å². The number of carbonyl (C=O) groups excluding carboxylic acids is 2. The number of H-pyrrole nitrogens is 1. The van der Waals surface area contributed by atoms with Gasteiger partial charge in [0.1, 0.15) is 6.04 Å². The van der Waals surface area contributed by atoms with Gasteiger partial charge in [0.15, 0.2) is 0 Å². The molecule has 4 rings (SSSR count). The first-order valence-electron chi connectivity index (χ1n) is 8.84. The van der Waals surface area contributed by atoms with Gasteiger partial charge in [-0.2, -0.15) is 0 Å². The van der Waals surface area contributed by atoms with Crippen molar-refractivity contribution in [2.75, 3.05) is 14.2 Å². The molecule has 0 saturated carbocycles. The Morgan fingerprint density at radius 3 is 2.50 bits per heavy atom. The lowest BCUT2D eigenvalue weighted by Crippen LogP contribution is -2.45. The molecule has 3 aromatic rings. The average molecular weight is 443 g/mol. The second-order valence-electron chi connectivity index (χ2n) is 6.70. The van der Waals surface area contributed by atoms with Crippen LogP contribution in [0.15, 0.2) is 46.9 Å². The molecular formula is C21H19BrN2O4. The molecule has 0 bridgehead atoms. The van der Waals surface area contributed by atoms with E-state index in [1.165, 1.54) is 14.2 Å². The first-order chi connectivity index (χ1) is 13.5. The molecule has 0 amide bonds. The van der Waals surface area contributed by atoms with Crippen LogP contribution in [-0.2, 0) is 20.7 Å². The maximum Gasteiger partial charge on any atom is 0.337 e. The van der Waals surface area contributed by atoms with Gasteiger partial charge in [-0.3, -0.25) is 10.1 Å². The minimum atomic E-state index is -0.458. The highest BCUT2D eigenvalue weighted by Gasteiger charge is 2.34. The van der Waals surface area contributed by atoms with Gasteiger partial charge >= 0.3 is 11.9 Å². The van der Waals surface area contributed by atoms with E-state index in [1.807, 2.05) is 24.3 Å². The van der Waals surface area contributed by atoms with Crippen LogP contribution in [0.5, 0.6) is 0 Å². The topological polar surface area (TPSA) is 80.4 Å². The zero-order valence-corrected chi connectivity index (χ0v) is 17.0. The molecule has 28 heavy (non-hydrogen) atoms. The van der Waals surface area contributed by atoms with Crippen LogP contribution < -0.4 is 5.32 Å². The van der Waals surface area contributed by atoms with Crippen molar-refractivity contribution in [1.29, 1.82) is 0 Å². The predicted octanol–water partition coefficient (Wildman–Crippen LogP) is 3.49. The minimum Gasteiger partial charge on any atom is -0.468 e. The highest BCUT2D eigenvalue weighted by atomic mass is 79.9. The first kappa shape index (κ1) is 18.7. The summed E-state index contributed by atoms with van der Waals surface area (Å²) in [5, 5.41) is 4.46. The third-order valence-electron chi connectivity index (χ3n) is 5.12. The number of benzene rings is 2. The number of halogens is 1. The number of esters is 2. The molecule has 2 heterocycles. The monoisotopic (exact) mass is 442 g/mol. The standard InChI is InChI=1S/C21H19BrN2O4/c1-27-20(25)12-5-3-11(4-6-12)18-19-15(10-17(24-18)21(26)28-2)14-9-13(22)7-8-16(14)23-19/h3-9,17-18,23-24H,10H2,1-2H3. The van der Waals surface area contributed by atoms with Crippen LogP contribution in [0.25, 0.3) is 10.9 Å². The molecular weight excluding hydrogens is 424 g/mol. The van der Waals surface area contributed by atoms with Crippen molar-refractivity contribution < 1.29 is 19.1 Å². The fraction of sp³-hybridized carbons (Fsp3) is 0.238. The normalized spacial score (nSPS) is 18.5. The summed E-state index contributed by atoms with van der Waals surface area (Å²) in [4.78, 5) is 27.5. The van der Waals surface area contributed by atoms with Crippen molar-refractivity contribution in [1.82, 2.24) is 10.3 Å². The first-order valence-corrected chi connectivity index (χ1v) is 9.63. The fourth-order valence-electron chi connectivity index (χ4n) is 3.74. The van der Waals surface area contributed by atoms with Crippen LogP contribution >= 0.6 is 15.9 Å². The lowest BCUT2D eigenvalue weighted by Gasteiger charge is -2.30. The molecule has 144 valence electrons. The van der Waals surface area contributed by atoms with E-state index in [4.69, 9.17) is 9.47 Å². The van der Waals surface area contributed by atoms with Crippen LogP contribution in [0.4, 0.5) is 0 Å². The van der Waals surface area contributed by atoms with Crippen LogP contribution in [0.2, 0.25) is 0 Å². The predicted molar refractivity (Wildman–Crippen MR) is 108 cm³/mol. The Hall–Kier alpha value is -2.64. The Balaban J connectivity index is 1.81. The van der Waals surface area contributed by atoms with Gasteiger partial charge in [0, 0.05) is 27.5 Å². The van der Waals surface area contributed by atoms with E-state index in [1.54, 1.807) is 12.1 Å². The largest absolute Gasteiger partial charge is 0.468 e. The molecule has 1 aliphatic rings. The van der Waals surface area contributed by atoms with Gasteiger partial charge in [-0.1, -0.05) is 28.1 Å². The number of hydrogen-bond acceptors (Lipinski definition) is 5. The zero-order chi connectivity index (χ0) is 19.8. The number of methoxy groups -OCH3 is 2. The van der Waals surface area contributed by atoms with Gasteiger partial charge in [0.05, 0.1) is 25.8 Å². The lowest BCUT2D eigenvalue weighted by molar-refractivity contribution is -0.143. The average Bonchev–Trinajstić information content (AvgIpc) is 3.09. The van der Waals surface area contributed by atoms with Crippen molar-refractivity contribution in [2.24, 2.45) is 0 Å². The molecule has 0 spiro atoms. The van der Waals surface area contributed by atoms with Crippen molar-refractivity contribution in [3.8, 4) is 0 Å². The molecule has 0 fully saturated rings. The molecule has 2 N–H and O–H groups in total. The molecule has 7 heteroatoms. The number of aromatic nitrogens is 1. The summed E-state index contributed by atoms with van der Waals surface area (Å²) in [6, 6.07) is 12.6. The molecule has 2 unspecified atom stereocenters. The molecule has 0 saturated heterocycles. The van der Waals surface area contributed by atoms with Gasteiger partial charge in [-0.15, -0.1) is 0 Å². The van der Waals surface area contributed by atoms with Gasteiger partial charge in [0.25, 0.3) is 0 Å². The summed E-state index contributed by atoms with van der Waals surface area (Å²) in [5.41, 5.74) is 4.53.